The van der Waals surface area contributed by atoms with Crippen LogP contribution in [0.3, 0.4) is 0 Å². The summed E-state index contributed by atoms with van der Waals surface area (Å²) in [6.45, 7) is 5.94. The summed E-state index contributed by atoms with van der Waals surface area (Å²) in [5.74, 6) is 0. The fourth-order valence-electron chi connectivity index (χ4n) is 3.13. The van der Waals surface area contributed by atoms with Crippen molar-refractivity contribution in [3.8, 4) is 0 Å². The van der Waals surface area contributed by atoms with Crippen LogP contribution >= 0.6 is 0 Å². The number of rotatable bonds is 7. The van der Waals surface area contributed by atoms with Gasteiger partial charge < -0.3 is 10.4 Å². The zero-order valence-electron chi connectivity index (χ0n) is 14.3. The van der Waals surface area contributed by atoms with Gasteiger partial charge in [0.2, 0.25) is 0 Å². The number of aliphatic hydroxyl groups is 1. The Morgan fingerprint density at radius 3 is 2.83 bits per heavy atom. The molecule has 2 aromatic rings. The molecule has 0 spiro atoms. The summed E-state index contributed by atoms with van der Waals surface area (Å²) >= 11 is 0. The molecule has 0 aliphatic carbocycles. The summed E-state index contributed by atoms with van der Waals surface area (Å²) in [5, 5.41) is 17.4. The maximum atomic E-state index is 9.65. The van der Waals surface area contributed by atoms with Crippen LogP contribution in [0.25, 0.3) is 0 Å². The molecule has 0 radical (unpaired) electrons. The Morgan fingerprint density at radius 1 is 1.29 bits per heavy atom. The average Bonchev–Trinajstić information content (AvgIpc) is 3.10. The molecule has 3 rings (SSSR count). The molecular weight excluding hydrogens is 302 g/mol. The van der Waals surface area contributed by atoms with Gasteiger partial charge in [-0.3, -0.25) is 9.58 Å². The second-order valence-electron chi connectivity index (χ2n) is 6.66. The summed E-state index contributed by atoms with van der Waals surface area (Å²) in [7, 11) is 0. The number of piperidine rings is 1. The van der Waals surface area contributed by atoms with E-state index in [0.717, 1.165) is 45.4 Å². The summed E-state index contributed by atoms with van der Waals surface area (Å²) in [6, 6.07) is 8.88. The molecule has 6 heteroatoms. The number of nitrogens with zero attached hydrogens (tertiary/aromatic N) is 4. The number of likely N-dealkylation sites (tertiary alicyclic amines) is 1. The lowest BCUT2D eigenvalue weighted by Gasteiger charge is -2.30. The third-order valence-corrected chi connectivity index (χ3v) is 4.63. The van der Waals surface area contributed by atoms with Crippen LogP contribution in [-0.2, 0) is 13.1 Å². The molecule has 0 bridgehead atoms. The number of para-hydroxylation sites is 1. The largest absolute Gasteiger partial charge is 0.393 e. The smallest absolute Gasteiger partial charge is 0.137 e. The van der Waals surface area contributed by atoms with Crippen molar-refractivity contribution in [2.45, 2.75) is 51.4 Å². The highest BCUT2D eigenvalue weighted by molar-refractivity contribution is 5.51. The third kappa shape index (κ3) is 4.79. The molecule has 1 aromatic carbocycles. The van der Waals surface area contributed by atoms with Crippen LogP contribution < -0.4 is 5.32 Å². The topological polar surface area (TPSA) is 66.2 Å². The van der Waals surface area contributed by atoms with E-state index in [2.05, 4.69) is 51.5 Å². The zero-order valence-corrected chi connectivity index (χ0v) is 14.3. The van der Waals surface area contributed by atoms with Gasteiger partial charge in [-0.1, -0.05) is 18.2 Å². The molecule has 24 heavy (non-hydrogen) atoms. The second-order valence-corrected chi connectivity index (χ2v) is 6.66. The molecule has 1 aliphatic heterocycles. The Morgan fingerprint density at radius 2 is 2.08 bits per heavy atom. The lowest BCUT2D eigenvalue weighted by Crippen LogP contribution is -2.35. The first-order chi connectivity index (χ1) is 11.7. The van der Waals surface area contributed by atoms with Crippen molar-refractivity contribution in [1.29, 1.82) is 0 Å². The van der Waals surface area contributed by atoms with E-state index < -0.39 is 0 Å². The number of hydrogen-bond acceptors (Lipinski definition) is 5. The zero-order chi connectivity index (χ0) is 16.8. The van der Waals surface area contributed by atoms with E-state index >= 15 is 0 Å². The van der Waals surface area contributed by atoms with E-state index in [9.17, 15) is 5.11 Å². The first-order valence-corrected chi connectivity index (χ1v) is 8.78. The van der Waals surface area contributed by atoms with Crippen LogP contribution in [0.4, 0.5) is 5.69 Å². The van der Waals surface area contributed by atoms with Gasteiger partial charge in [0.05, 0.1) is 6.10 Å². The van der Waals surface area contributed by atoms with Gasteiger partial charge in [-0.05, 0) is 37.8 Å². The Hall–Kier alpha value is -1.92. The number of anilines is 1. The molecular formula is C18H27N5O. The predicted molar refractivity (Wildman–Crippen MR) is 94.7 cm³/mol. The van der Waals surface area contributed by atoms with Crippen LogP contribution in [0.15, 0.2) is 36.9 Å². The van der Waals surface area contributed by atoms with Crippen LogP contribution in [0, 0.1) is 0 Å². The minimum atomic E-state index is -0.119. The van der Waals surface area contributed by atoms with Crippen LogP contribution in [0.5, 0.6) is 0 Å². The first-order valence-electron chi connectivity index (χ1n) is 8.78. The van der Waals surface area contributed by atoms with Crippen molar-refractivity contribution in [3.63, 3.8) is 0 Å². The molecule has 0 amide bonds. The number of aliphatic hydroxyl groups excluding tert-OH is 1. The standard InChI is InChI=1S/C18H27N5O/c1-15(6-11-23-14-19-13-20-23)21-18-5-3-2-4-16(18)12-22-9-7-17(24)8-10-22/h2-5,13-15,17,21,24H,6-12H2,1H3. The van der Waals surface area contributed by atoms with Crippen molar-refractivity contribution in [2.24, 2.45) is 0 Å². The monoisotopic (exact) mass is 329 g/mol. The molecule has 1 atom stereocenters. The molecule has 1 unspecified atom stereocenters. The van der Waals surface area contributed by atoms with Gasteiger partial charge in [0.15, 0.2) is 0 Å². The molecule has 1 aromatic heterocycles. The van der Waals surface area contributed by atoms with Gasteiger partial charge in [-0.25, -0.2) is 4.98 Å². The van der Waals surface area contributed by atoms with Crippen molar-refractivity contribution in [2.75, 3.05) is 18.4 Å². The quantitative estimate of drug-likeness (QED) is 0.814. The van der Waals surface area contributed by atoms with E-state index in [1.807, 2.05) is 4.68 Å². The predicted octanol–water partition coefficient (Wildman–Crippen LogP) is 2.13. The van der Waals surface area contributed by atoms with Crippen molar-refractivity contribution >= 4 is 5.69 Å². The molecule has 1 saturated heterocycles. The van der Waals surface area contributed by atoms with E-state index in [-0.39, 0.29) is 6.10 Å². The molecule has 2 heterocycles. The van der Waals surface area contributed by atoms with Gasteiger partial charge in [0.1, 0.15) is 12.7 Å². The fraction of sp³-hybridized carbons (Fsp3) is 0.556. The van der Waals surface area contributed by atoms with Crippen molar-refractivity contribution < 1.29 is 5.11 Å². The number of aryl methyl sites for hydroxylation is 1. The summed E-state index contributed by atoms with van der Waals surface area (Å²) in [4.78, 5) is 6.40. The Kier molecular flexibility index (Phi) is 5.82. The molecule has 1 aliphatic rings. The fourth-order valence-corrected chi connectivity index (χ4v) is 3.13. The second kappa shape index (κ2) is 8.26. The van der Waals surface area contributed by atoms with Gasteiger partial charge in [-0.2, -0.15) is 5.10 Å². The van der Waals surface area contributed by atoms with E-state index in [4.69, 9.17) is 0 Å². The molecule has 0 saturated carbocycles. The van der Waals surface area contributed by atoms with Gasteiger partial charge in [-0.15, -0.1) is 0 Å². The molecule has 130 valence electrons. The lowest BCUT2D eigenvalue weighted by molar-refractivity contribution is 0.0793. The molecule has 6 nitrogen and oxygen atoms in total. The van der Waals surface area contributed by atoms with Gasteiger partial charge in [0, 0.05) is 37.9 Å². The Bertz CT molecular complexity index is 608. The highest BCUT2D eigenvalue weighted by Gasteiger charge is 2.18. The maximum Gasteiger partial charge on any atom is 0.137 e. The Balaban J connectivity index is 1.55. The average molecular weight is 329 g/mol. The molecule has 2 N–H and O–H groups in total. The number of benzene rings is 1. The van der Waals surface area contributed by atoms with Crippen LogP contribution in [0.1, 0.15) is 31.7 Å². The minimum absolute atomic E-state index is 0.119. The third-order valence-electron chi connectivity index (χ3n) is 4.63. The number of nitrogens with one attached hydrogen (secondary N) is 1. The van der Waals surface area contributed by atoms with E-state index in [0.29, 0.717) is 6.04 Å². The summed E-state index contributed by atoms with van der Waals surface area (Å²) in [5.41, 5.74) is 2.52. The highest BCUT2D eigenvalue weighted by Crippen LogP contribution is 2.21. The van der Waals surface area contributed by atoms with Crippen molar-refractivity contribution in [3.05, 3.63) is 42.5 Å². The maximum absolute atomic E-state index is 9.65. The molecule has 1 fully saturated rings. The van der Waals surface area contributed by atoms with Gasteiger partial charge >= 0.3 is 0 Å². The number of hydrogen-bond donors (Lipinski definition) is 2. The number of aromatic nitrogens is 3. The van der Waals surface area contributed by atoms with Crippen LogP contribution in [0.2, 0.25) is 0 Å². The minimum Gasteiger partial charge on any atom is -0.393 e. The first kappa shape index (κ1) is 16.9. The van der Waals surface area contributed by atoms with Gasteiger partial charge in [0.25, 0.3) is 0 Å². The normalized spacial score (nSPS) is 17.8. The summed E-state index contributed by atoms with van der Waals surface area (Å²) in [6.07, 6.45) is 5.96. The van der Waals surface area contributed by atoms with E-state index in [1.54, 1.807) is 12.7 Å². The lowest BCUT2D eigenvalue weighted by atomic mass is 10.1. The van der Waals surface area contributed by atoms with Crippen LogP contribution in [-0.4, -0.2) is 50.0 Å². The SMILES string of the molecule is CC(CCn1cncn1)Nc1ccccc1CN1CCC(O)CC1. The Labute approximate surface area is 143 Å². The van der Waals surface area contributed by atoms with Crippen molar-refractivity contribution in [1.82, 2.24) is 19.7 Å². The highest BCUT2D eigenvalue weighted by atomic mass is 16.3. The summed E-state index contributed by atoms with van der Waals surface area (Å²) < 4.78 is 1.86. The van der Waals surface area contributed by atoms with E-state index in [1.165, 1.54) is 11.3 Å².